The van der Waals surface area contributed by atoms with E-state index in [1.165, 1.54) is 6.07 Å². The first-order valence-electron chi connectivity index (χ1n) is 5.94. The molecule has 0 amide bonds. The number of ether oxygens (including phenoxy) is 2. The highest BCUT2D eigenvalue weighted by atomic mass is 19.3. The first kappa shape index (κ1) is 13.1. The van der Waals surface area contributed by atoms with Crippen molar-refractivity contribution in [1.29, 1.82) is 0 Å². The Morgan fingerprint density at radius 2 is 1.83 bits per heavy atom. The molecule has 1 N–H and O–H groups in total. The molecule has 1 aromatic carbocycles. The molecule has 0 spiro atoms. The number of aliphatic hydroxyl groups is 1. The molecule has 1 heterocycles. The van der Waals surface area contributed by atoms with Crippen molar-refractivity contribution in [3.63, 3.8) is 0 Å². The van der Waals surface area contributed by atoms with Crippen molar-refractivity contribution in [2.75, 3.05) is 19.8 Å². The maximum absolute atomic E-state index is 13.6. The summed E-state index contributed by atoms with van der Waals surface area (Å²) in [5, 5.41) is 8.82. The summed E-state index contributed by atoms with van der Waals surface area (Å²) >= 11 is 0. The summed E-state index contributed by atoms with van der Waals surface area (Å²) in [7, 11) is 0. The van der Waals surface area contributed by atoms with Crippen LogP contribution in [0, 0.1) is 0 Å². The average Bonchev–Trinajstić information content (AvgIpc) is 2.34. The van der Waals surface area contributed by atoms with Crippen LogP contribution in [-0.2, 0) is 12.3 Å². The second-order valence-corrected chi connectivity index (χ2v) is 4.37. The predicted octanol–water partition coefficient (Wildman–Crippen LogP) is 2.49. The van der Waals surface area contributed by atoms with Crippen molar-refractivity contribution < 1.29 is 23.4 Å². The standard InChI is InChI=1S/C13H16F2O3/c1-13(14,15)10-8-12-11(17-5-6-18-12)7-9(10)3-2-4-16/h7-8,16H,2-6H2,1H3. The summed E-state index contributed by atoms with van der Waals surface area (Å²) in [6, 6.07) is 2.94. The molecule has 2 rings (SSSR count). The van der Waals surface area contributed by atoms with E-state index in [0.29, 0.717) is 43.1 Å². The maximum Gasteiger partial charge on any atom is 0.270 e. The van der Waals surface area contributed by atoms with E-state index in [0.717, 1.165) is 6.92 Å². The van der Waals surface area contributed by atoms with Gasteiger partial charge < -0.3 is 14.6 Å². The number of rotatable bonds is 4. The van der Waals surface area contributed by atoms with Crippen LogP contribution in [0.3, 0.4) is 0 Å². The normalized spacial score (nSPS) is 14.7. The van der Waals surface area contributed by atoms with E-state index in [4.69, 9.17) is 14.6 Å². The van der Waals surface area contributed by atoms with Crippen LogP contribution in [0.1, 0.15) is 24.5 Å². The molecule has 0 bridgehead atoms. The molecular formula is C13H16F2O3. The fourth-order valence-corrected chi connectivity index (χ4v) is 2.02. The molecule has 0 fully saturated rings. The zero-order valence-electron chi connectivity index (χ0n) is 10.2. The summed E-state index contributed by atoms with van der Waals surface area (Å²) < 4.78 is 37.8. The number of alkyl halides is 2. The molecule has 18 heavy (non-hydrogen) atoms. The Bertz CT molecular complexity index is 427. The second-order valence-electron chi connectivity index (χ2n) is 4.37. The van der Waals surface area contributed by atoms with Crippen molar-refractivity contribution in [2.45, 2.75) is 25.7 Å². The molecule has 1 aromatic rings. The van der Waals surface area contributed by atoms with Gasteiger partial charge in [0.1, 0.15) is 13.2 Å². The highest BCUT2D eigenvalue weighted by Gasteiger charge is 2.30. The van der Waals surface area contributed by atoms with E-state index in [2.05, 4.69) is 0 Å². The van der Waals surface area contributed by atoms with Crippen LogP contribution >= 0.6 is 0 Å². The molecule has 1 aliphatic heterocycles. The molecular weight excluding hydrogens is 242 g/mol. The van der Waals surface area contributed by atoms with Gasteiger partial charge >= 0.3 is 0 Å². The number of hydrogen-bond donors (Lipinski definition) is 1. The van der Waals surface area contributed by atoms with Gasteiger partial charge in [-0.05, 0) is 30.5 Å². The highest BCUT2D eigenvalue weighted by molar-refractivity contribution is 5.49. The van der Waals surface area contributed by atoms with Crippen molar-refractivity contribution in [2.24, 2.45) is 0 Å². The van der Waals surface area contributed by atoms with Gasteiger partial charge in [-0.15, -0.1) is 0 Å². The first-order valence-corrected chi connectivity index (χ1v) is 5.94. The fourth-order valence-electron chi connectivity index (χ4n) is 2.02. The molecule has 3 nitrogen and oxygen atoms in total. The van der Waals surface area contributed by atoms with E-state index in [1.54, 1.807) is 6.07 Å². The van der Waals surface area contributed by atoms with Gasteiger partial charge in [0.05, 0.1) is 0 Å². The average molecular weight is 258 g/mol. The lowest BCUT2D eigenvalue weighted by atomic mass is 9.97. The van der Waals surface area contributed by atoms with E-state index >= 15 is 0 Å². The number of fused-ring (bicyclic) bond motifs is 1. The van der Waals surface area contributed by atoms with Gasteiger partial charge in [0.25, 0.3) is 5.92 Å². The summed E-state index contributed by atoms with van der Waals surface area (Å²) in [5.41, 5.74) is 0.445. The Kier molecular flexibility index (Phi) is 3.71. The van der Waals surface area contributed by atoms with E-state index in [-0.39, 0.29) is 12.2 Å². The van der Waals surface area contributed by atoms with Crippen molar-refractivity contribution in [3.05, 3.63) is 23.3 Å². The van der Waals surface area contributed by atoms with E-state index < -0.39 is 5.92 Å². The molecule has 0 atom stereocenters. The Labute approximate surface area is 104 Å². The molecule has 1 aliphatic rings. The fraction of sp³-hybridized carbons (Fsp3) is 0.538. The Hall–Kier alpha value is -1.36. The Morgan fingerprint density at radius 1 is 1.22 bits per heavy atom. The van der Waals surface area contributed by atoms with Gasteiger partial charge in [0, 0.05) is 19.1 Å². The number of aryl methyl sites for hydroxylation is 1. The van der Waals surface area contributed by atoms with Crippen LogP contribution in [0.25, 0.3) is 0 Å². The molecule has 100 valence electrons. The van der Waals surface area contributed by atoms with E-state index in [9.17, 15) is 8.78 Å². The SMILES string of the molecule is CC(F)(F)c1cc2c(cc1CCCO)OCCO2. The topological polar surface area (TPSA) is 38.7 Å². The summed E-state index contributed by atoms with van der Waals surface area (Å²) in [4.78, 5) is 0. The lowest BCUT2D eigenvalue weighted by Gasteiger charge is -2.23. The van der Waals surface area contributed by atoms with Crippen molar-refractivity contribution in [1.82, 2.24) is 0 Å². The maximum atomic E-state index is 13.6. The minimum absolute atomic E-state index is 0.0246. The number of aliphatic hydroxyl groups excluding tert-OH is 1. The van der Waals surface area contributed by atoms with Crippen LogP contribution in [-0.4, -0.2) is 24.9 Å². The molecule has 0 saturated carbocycles. The zero-order chi connectivity index (χ0) is 13.2. The van der Waals surface area contributed by atoms with Crippen LogP contribution in [0.4, 0.5) is 8.78 Å². The van der Waals surface area contributed by atoms with Gasteiger partial charge in [-0.3, -0.25) is 0 Å². The molecule has 0 unspecified atom stereocenters. The van der Waals surface area contributed by atoms with Crippen LogP contribution in [0.5, 0.6) is 11.5 Å². The number of hydrogen-bond acceptors (Lipinski definition) is 3. The smallest absolute Gasteiger partial charge is 0.270 e. The van der Waals surface area contributed by atoms with Crippen molar-refractivity contribution in [3.8, 4) is 11.5 Å². The summed E-state index contributed by atoms with van der Waals surface area (Å²) in [5.74, 6) is -2.06. The summed E-state index contributed by atoms with van der Waals surface area (Å²) in [6.45, 7) is 1.63. The first-order chi connectivity index (χ1) is 8.52. The zero-order valence-corrected chi connectivity index (χ0v) is 10.2. The second kappa shape index (κ2) is 5.10. The third-order valence-electron chi connectivity index (χ3n) is 2.85. The monoisotopic (exact) mass is 258 g/mol. The Balaban J connectivity index is 2.41. The van der Waals surface area contributed by atoms with Crippen LogP contribution < -0.4 is 9.47 Å². The summed E-state index contributed by atoms with van der Waals surface area (Å²) in [6.07, 6.45) is 0.842. The Morgan fingerprint density at radius 3 is 2.39 bits per heavy atom. The van der Waals surface area contributed by atoms with Crippen LogP contribution in [0.15, 0.2) is 12.1 Å². The molecule has 0 aromatic heterocycles. The quantitative estimate of drug-likeness (QED) is 0.901. The third kappa shape index (κ3) is 2.72. The lowest BCUT2D eigenvalue weighted by Crippen LogP contribution is -2.18. The predicted molar refractivity (Wildman–Crippen MR) is 62.4 cm³/mol. The van der Waals surface area contributed by atoms with Crippen LogP contribution in [0.2, 0.25) is 0 Å². The van der Waals surface area contributed by atoms with Gasteiger partial charge in [-0.25, -0.2) is 8.78 Å². The molecule has 0 aliphatic carbocycles. The van der Waals surface area contributed by atoms with Crippen molar-refractivity contribution >= 4 is 0 Å². The van der Waals surface area contributed by atoms with E-state index in [1.807, 2.05) is 0 Å². The number of benzene rings is 1. The molecule has 0 radical (unpaired) electrons. The minimum Gasteiger partial charge on any atom is -0.486 e. The molecule has 5 heteroatoms. The minimum atomic E-state index is -2.93. The van der Waals surface area contributed by atoms with Gasteiger partial charge in [0.15, 0.2) is 11.5 Å². The number of halogens is 2. The van der Waals surface area contributed by atoms with Gasteiger partial charge in [0.2, 0.25) is 0 Å². The lowest BCUT2D eigenvalue weighted by molar-refractivity contribution is 0.0159. The highest BCUT2D eigenvalue weighted by Crippen LogP contribution is 2.39. The van der Waals surface area contributed by atoms with Gasteiger partial charge in [-0.1, -0.05) is 0 Å². The molecule has 0 saturated heterocycles. The largest absolute Gasteiger partial charge is 0.486 e. The third-order valence-corrected chi connectivity index (χ3v) is 2.85. The van der Waals surface area contributed by atoms with Gasteiger partial charge in [-0.2, -0.15) is 0 Å².